The van der Waals surface area contributed by atoms with E-state index in [0.29, 0.717) is 0 Å². The molecule has 1 heterocycles. The maximum Gasteiger partial charge on any atom is 0.0619 e. The summed E-state index contributed by atoms with van der Waals surface area (Å²) in [6.45, 7) is 0. The minimum Gasteiger partial charge on any atom is -0.309 e. The van der Waals surface area contributed by atoms with Gasteiger partial charge in [-0.15, -0.1) is 11.3 Å². The molecule has 0 spiro atoms. The highest BCUT2D eigenvalue weighted by Crippen LogP contribution is 2.50. The van der Waals surface area contributed by atoms with E-state index in [9.17, 15) is 0 Å². The Bertz CT molecular complexity index is 2480. The van der Waals surface area contributed by atoms with Crippen LogP contribution in [0.5, 0.6) is 0 Å². The minimum absolute atomic E-state index is 1.14. The Hall–Kier alpha value is -5.70. The highest BCUT2D eigenvalue weighted by molar-refractivity contribution is 7.19. The third kappa shape index (κ3) is 4.38. The Kier molecular flexibility index (Phi) is 6.40. The second-order valence-electron chi connectivity index (χ2n) is 11.7. The van der Waals surface area contributed by atoms with Crippen molar-refractivity contribution in [1.82, 2.24) is 0 Å². The molecule has 1 aromatic heterocycles. The van der Waals surface area contributed by atoms with Gasteiger partial charge in [0.05, 0.1) is 11.4 Å². The first kappa shape index (κ1) is 26.7. The van der Waals surface area contributed by atoms with Crippen molar-refractivity contribution >= 4 is 71.5 Å². The standard InChI is InChI=1S/C44H29NS/c1-2-17-34(18-3-1)45(40-24-12-16-31-14-6-7-19-35(31)40)44-38-22-10-8-20-36(38)43(37-21-9-11-23-39(37)44)42-28-27-41(46-42)33-26-25-30-13-4-5-15-32(30)29-33/h1-29H. The molecule has 1 nitrogen and oxygen atoms in total. The van der Waals surface area contributed by atoms with Gasteiger partial charge in [-0.2, -0.15) is 0 Å². The summed E-state index contributed by atoms with van der Waals surface area (Å²) in [5, 5.41) is 9.96. The van der Waals surface area contributed by atoms with Crippen molar-refractivity contribution < 1.29 is 0 Å². The van der Waals surface area contributed by atoms with E-state index in [0.717, 1.165) is 5.69 Å². The summed E-state index contributed by atoms with van der Waals surface area (Å²) in [7, 11) is 0. The third-order valence-corrected chi connectivity index (χ3v) is 10.2. The van der Waals surface area contributed by atoms with Gasteiger partial charge < -0.3 is 4.90 Å². The topological polar surface area (TPSA) is 3.24 Å². The van der Waals surface area contributed by atoms with Gasteiger partial charge in [0.1, 0.15) is 0 Å². The van der Waals surface area contributed by atoms with E-state index in [4.69, 9.17) is 0 Å². The Morgan fingerprint density at radius 3 is 1.67 bits per heavy atom. The average Bonchev–Trinajstić information content (AvgIpc) is 3.62. The summed E-state index contributed by atoms with van der Waals surface area (Å²) in [6, 6.07) is 63.9. The molecule has 2 heteroatoms. The van der Waals surface area contributed by atoms with Crippen LogP contribution in [0.15, 0.2) is 176 Å². The van der Waals surface area contributed by atoms with E-state index in [2.05, 4.69) is 181 Å². The lowest BCUT2D eigenvalue weighted by atomic mass is 9.92. The highest BCUT2D eigenvalue weighted by Gasteiger charge is 2.23. The molecule has 0 aliphatic rings. The Morgan fingerprint density at radius 2 is 0.935 bits per heavy atom. The van der Waals surface area contributed by atoms with E-state index in [-0.39, 0.29) is 0 Å². The zero-order valence-electron chi connectivity index (χ0n) is 25.1. The maximum atomic E-state index is 2.46. The second kappa shape index (κ2) is 11.0. The van der Waals surface area contributed by atoms with Crippen LogP contribution in [0.2, 0.25) is 0 Å². The van der Waals surface area contributed by atoms with Crippen LogP contribution in [0.25, 0.3) is 64.0 Å². The zero-order chi connectivity index (χ0) is 30.5. The Balaban J connectivity index is 1.32. The normalized spacial score (nSPS) is 11.5. The van der Waals surface area contributed by atoms with Crippen LogP contribution in [0, 0.1) is 0 Å². The number of rotatable bonds is 5. The van der Waals surface area contributed by atoms with Gasteiger partial charge in [-0.05, 0) is 68.9 Å². The molecule has 0 unspecified atom stereocenters. The largest absolute Gasteiger partial charge is 0.309 e. The van der Waals surface area contributed by atoms with Crippen LogP contribution in [0.3, 0.4) is 0 Å². The van der Waals surface area contributed by atoms with Crippen LogP contribution < -0.4 is 4.90 Å². The summed E-state index contributed by atoms with van der Waals surface area (Å²) in [4.78, 5) is 5.02. The molecule has 0 aliphatic heterocycles. The van der Waals surface area contributed by atoms with Crippen LogP contribution in [0.1, 0.15) is 0 Å². The quantitative estimate of drug-likeness (QED) is 0.177. The predicted octanol–water partition coefficient (Wildman–Crippen LogP) is 13.2. The van der Waals surface area contributed by atoms with Crippen molar-refractivity contribution in [2.45, 2.75) is 0 Å². The molecular weight excluding hydrogens is 575 g/mol. The fourth-order valence-electron chi connectivity index (χ4n) is 6.95. The van der Waals surface area contributed by atoms with Gasteiger partial charge in [-0.1, -0.05) is 140 Å². The lowest BCUT2D eigenvalue weighted by Crippen LogP contribution is -2.12. The maximum absolute atomic E-state index is 2.46. The fraction of sp³-hybridized carbons (Fsp3) is 0. The molecule has 0 radical (unpaired) electrons. The van der Waals surface area contributed by atoms with Crippen LogP contribution in [0.4, 0.5) is 17.1 Å². The van der Waals surface area contributed by atoms with Gasteiger partial charge in [0, 0.05) is 37.2 Å². The lowest BCUT2D eigenvalue weighted by molar-refractivity contribution is 1.33. The Morgan fingerprint density at radius 1 is 0.370 bits per heavy atom. The van der Waals surface area contributed by atoms with E-state index in [1.165, 1.54) is 75.3 Å². The first-order chi connectivity index (χ1) is 22.8. The second-order valence-corrected chi connectivity index (χ2v) is 12.8. The number of anilines is 3. The predicted molar refractivity (Wildman–Crippen MR) is 200 cm³/mol. The van der Waals surface area contributed by atoms with Gasteiger partial charge in [-0.25, -0.2) is 0 Å². The molecule has 0 aliphatic carbocycles. The smallest absolute Gasteiger partial charge is 0.0619 e. The molecule has 9 rings (SSSR count). The van der Waals surface area contributed by atoms with Crippen LogP contribution in [-0.2, 0) is 0 Å². The number of hydrogen-bond donors (Lipinski definition) is 0. The van der Waals surface area contributed by atoms with Crippen LogP contribution >= 0.6 is 11.3 Å². The zero-order valence-corrected chi connectivity index (χ0v) is 25.9. The summed E-state index contributed by atoms with van der Waals surface area (Å²) in [5.74, 6) is 0. The molecule has 0 saturated carbocycles. The minimum atomic E-state index is 1.14. The number of benzene rings is 8. The van der Waals surface area contributed by atoms with Crippen molar-refractivity contribution in [2.75, 3.05) is 4.90 Å². The van der Waals surface area contributed by atoms with E-state index in [1.54, 1.807) is 0 Å². The van der Waals surface area contributed by atoms with Crippen molar-refractivity contribution in [3.05, 3.63) is 176 Å². The number of nitrogens with zero attached hydrogens (tertiary/aromatic N) is 1. The molecule has 0 atom stereocenters. The first-order valence-electron chi connectivity index (χ1n) is 15.7. The summed E-state index contributed by atoms with van der Waals surface area (Å²) in [6.07, 6.45) is 0. The summed E-state index contributed by atoms with van der Waals surface area (Å²) >= 11 is 1.87. The number of fused-ring (bicyclic) bond motifs is 4. The highest BCUT2D eigenvalue weighted by atomic mass is 32.1. The molecule has 0 bridgehead atoms. The van der Waals surface area contributed by atoms with E-state index >= 15 is 0 Å². The van der Waals surface area contributed by atoms with Crippen molar-refractivity contribution in [3.8, 4) is 20.9 Å². The Labute approximate surface area is 272 Å². The van der Waals surface area contributed by atoms with Gasteiger partial charge in [0.2, 0.25) is 0 Å². The van der Waals surface area contributed by atoms with Crippen LogP contribution in [-0.4, -0.2) is 0 Å². The summed E-state index contributed by atoms with van der Waals surface area (Å²) < 4.78 is 0. The van der Waals surface area contributed by atoms with Gasteiger partial charge in [-0.3, -0.25) is 0 Å². The molecule has 0 fully saturated rings. The van der Waals surface area contributed by atoms with Crippen molar-refractivity contribution in [3.63, 3.8) is 0 Å². The summed E-state index contributed by atoms with van der Waals surface area (Å²) in [5.41, 5.74) is 6.05. The van der Waals surface area contributed by atoms with Gasteiger partial charge in [0.15, 0.2) is 0 Å². The first-order valence-corrected chi connectivity index (χ1v) is 16.5. The number of hydrogen-bond acceptors (Lipinski definition) is 2. The number of para-hydroxylation sites is 1. The fourth-order valence-corrected chi connectivity index (χ4v) is 8.03. The SMILES string of the molecule is c1ccc(N(c2cccc3ccccc23)c2c3ccccc3c(-c3ccc(-c4ccc5ccccc5c4)s3)c3ccccc23)cc1. The van der Waals surface area contributed by atoms with Gasteiger partial charge in [0.25, 0.3) is 0 Å². The van der Waals surface area contributed by atoms with Crippen molar-refractivity contribution in [2.24, 2.45) is 0 Å². The van der Waals surface area contributed by atoms with Gasteiger partial charge >= 0.3 is 0 Å². The average molecular weight is 604 g/mol. The molecule has 0 N–H and O–H groups in total. The molecule has 9 aromatic rings. The molecule has 46 heavy (non-hydrogen) atoms. The molecule has 8 aromatic carbocycles. The number of thiophene rings is 1. The monoisotopic (exact) mass is 603 g/mol. The molecule has 0 amide bonds. The van der Waals surface area contributed by atoms with E-state index in [1.807, 2.05) is 11.3 Å². The molecule has 0 saturated heterocycles. The molecule has 216 valence electrons. The van der Waals surface area contributed by atoms with E-state index < -0.39 is 0 Å². The van der Waals surface area contributed by atoms with Crippen molar-refractivity contribution in [1.29, 1.82) is 0 Å². The molecular formula is C44H29NS. The third-order valence-electron chi connectivity index (χ3n) is 9.03. The lowest BCUT2D eigenvalue weighted by Gasteiger charge is -2.30.